The molecule has 1 unspecified atom stereocenters. The van der Waals surface area contributed by atoms with E-state index in [0.717, 1.165) is 63.5 Å². The van der Waals surface area contributed by atoms with Crippen molar-refractivity contribution in [1.82, 2.24) is 23.5 Å². The second-order valence-corrected chi connectivity index (χ2v) is 13.7. The first-order valence-electron chi connectivity index (χ1n) is 14.8. The molecule has 1 aliphatic carbocycles. The van der Waals surface area contributed by atoms with Crippen molar-refractivity contribution in [2.24, 2.45) is 5.84 Å². The van der Waals surface area contributed by atoms with Crippen molar-refractivity contribution in [3.63, 3.8) is 0 Å². The molecule has 12 heteroatoms. The number of nitrogens with one attached hydrogen (secondary N) is 1. The maximum atomic E-state index is 13.4. The summed E-state index contributed by atoms with van der Waals surface area (Å²) in [6.07, 6.45) is 6.24. The Morgan fingerprint density at radius 1 is 1.07 bits per heavy atom. The van der Waals surface area contributed by atoms with Crippen molar-refractivity contribution < 1.29 is 22.7 Å². The summed E-state index contributed by atoms with van der Waals surface area (Å²) in [6, 6.07) is 11.0. The maximum absolute atomic E-state index is 13.4. The fourth-order valence-electron chi connectivity index (χ4n) is 6.37. The van der Waals surface area contributed by atoms with Gasteiger partial charge in [0.05, 0.1) is 18.8 Å². The van der Waals surface area contributed by atoms with Gasteiger partial charge in [0.1, 0.15) is 5.75 Å². The van der Waals surface area contributed by atoms with Crippen LogP contribution in [0.1, 0.15) is 66.4 Å². The number of ether oxygens (including phenoxy) is 1. The molecule has 2 aromatic carbocycles. The van der Waals surface area contributed by atoms with Gasteiger partial charge in [0.25, 0.3) is 5.91 Å². The largest absolute Gasteiger partial charge is 0.497 e. The molecule has 1 atom stereocenters. The van der Waals surface area contributed by atoms with Crippen LogP contribution in [0.3, 0.4) is 0 Å². The van der Waals surface area contributed by atoms with Crippen molar-refractivity contribution in [1.29, 1.82) is 0 Å². The monoisotopic (exact) mass is 610 g/mol. The first-order valence-corrected chi connectivity index (χ1v) is 16.2. The topological polar surface area (TPSA) is 130 Å². The van der Waals surface area contributed by atoms with Gasteiger partial charge in [-0.05, 0) is 73.6 Å². The van der Waals surface area contributed by atoms with Crippen molar-refractivity contribution in [3.8, 4) is 17.0 Å². The van der Waals surface area contributed by atoms with E-state index in [1.165, 1.54) is 26.1 Å². The van der Waals surface area contributed by atoms with Crippen molar-refractivity contribution >= 4 is 33.1 Å². The molecule has 11 nitrogen and oxygen atoms in total. The summed E-state index contributed by atoms with van der Waals surface area (Å²) in [5.74, 6) is 6.11. The zero-order valence-corrected chi connectivity index (χ0v) is 26.4. The number of hydrogen-bond acceptors (Lipinski definition) is 6. The van der Waals surface area contributed by atoms with Gasteiger partial charge in [-0.15, -0.1) is 0 Å². The molecule has 3 aromatic rings. The maximum Gasteiger partial charge on any atom is 0.319 e. The molecule has 1 aromatic heterocycles. The second-order valence-electron chi connectivity index (χ2n) is 11.7. The summed E-state index contributed by atoms with van der Waals surface area (Å²) in [5, 5.41) is 4.24. The summed E-state index contributed by atoms with van der Waals surface area (Å²) in [5.41, 5.74) is 5.44. The van der Waals surface area contributed by atoms with Crippen LogP contribution in [0.15, 0.2) is 36.4 Å². The average molecular weight is 611 g/mol. The number of urea groups is 1. The summed E-state index contributed by atoms with van der Waals surface area (Å²) in [6.45, 7) is 2.97. The normalized spacial score (nSPS) is 17.2. The van der Waals surface area contributed by atoms with E-state index < -0.39 is 16.1 Å². The third-order valence-electron chi connectivity index (χ3n) is 8.86. The smallest absolute Gasteiger partial charge is 0.319 e. The number of nitrogens with two attached hydrogens (primary N) is 1. The number of hydrazine groups is 1. The van der Waals surface area contributed by atoms with Gasteiger partial charge in [-0.25, -0.2) is 10.6 Å². The molecule has 0 saturated heterocycles. The predicted molar refractivity (Wildman–Crippen MR) is 167 cm³/mol. The molecule has 5 rings (SSSR count). The molecule has 0 radical (unpaired) electrons. The number of carbonyl (C=O) groups excluding carboxylic acids is 2. The van der Waals surface area contributed by atoms with Crippen LogP contribution in [0.4, 0.5) is 4.79 Å². The Bertz CT molecular complexity index is 1640. The minimum Gasteiger partial charge on any atom is -0.497 e. The quantitative estimate of drug-likeness (QED) is 0.236. The molecule has 1 fully saturated rings. The van der Waals surface area contributed by atoms with Crippen LogP contribution in [0, 0.1) is 0 Å². The van der Waals surface area contributed by atoms with E-state index in [0.29, 0.717) is 25.4 Å². The number of carbonyl (C=O) groups is 2. The second kappa shape index (κ2) is 12.2. The van der Waals surface area contributed by atoms with Crippen LogP contribution in [0.2, 0.25) is 0 Å². The van der Waals surface area contributed by atoms with Gasteiger partial charge in [0.2, 0.25) is 0 Å². The lowest BCUT2D eigenvalue weighted by Crippen LogP contribution is -2.48. The third-order valence-corrected chi connectivity index (χ3v) is 10.4. The molecular formula is C31H42N6O5S. The van der Waals surface area contributed by atoms with Gasteiger partial charge in [-0.1, -0.05) is 25.3 Å². The summed E-state index contributed by atoms with van der Waals surface area (Å²) >= 11 is 0. The van der Waals surface area contributed by atoms with Crippen LogP contribution >= 0.6 is 0 Å². The fourth-order valence-corrected chi connectivity index (χ4v) is 7.04. The van der Waals surface area contributed by atoms with Crippen molar-refractivity contribution in [3.05, 3.63) is 53.1 Å². The highest BCUT2D eigenvalue weighted by Gasteiger charge is 2.33. The number of nitrogens with zero attached hydrogens (tertiary/aromatic N) is 4. The first kappa shape index (κ1) is 30.8. The fraction of sp³-hybridized carbons (Fsp3) is 0.484. The standard InChI is InChI=1S/C31H42N6O5S/c1-6-35(4)31(39)33-23-16-22-17-24(42-5)13-15-25(22)29-28(20-10-8-7-9-11-20)26-14-12-21(18-27(26)36(29)19-23)30(38)37(32)43(40,41)34(2)3/h12-15,17-18,20,23H,6-11,16,19,32H2,1-5H3,(H,33,39). The Hall–Kier alpha value is -3.61. The van der Waals surface area contributed by atoms with Crippen LogP contribution in [0.25, 0.3) is 22.2 Å². The molecule has 3 amide bonds. The van der Waals surface area contributed by atoms with Crippen LogP contribution in [-0.4, -0.2) is 79.4 Å². The lowest BCUT2D eigenvalue weighted by atomic mass is 9.81. The summed E-state index contributed by atoms with van der Waals surface area (Å²) < 4.78 is 34.3. The Kier molecular flexibility index (Phi) is 8.73. The summed E-state index contributed by atoms with van der Waals surface area (Å²) in [4.78, 5) is 28.1. The zero-order chi connectivity index (χ0) is 31.1. The van der Waals surface area contributed by atoms with Gasteiger partial charge in [0.15, 0.2) is 0 Å². The Labute approximate surface area is 253 Å². The summed E-state index contributed by atoms with van der Waals surface area (Å²) in [7, 11) is 1.89. The first-order chi connectivity index (χ1) is 20.5. The Balaban J connectivity index is 1.73. The van der Waals surface area contributed by atoms with Crippen molar-refractivity contribution in [2.75, 3.05) is 34.8 Å². The molecule has 3 N–H and O–H groups in total. The molecule has 2 aliphatic rings. The number of fused-ring (bicyclic) bond motifs is 5. The van der Waals surface area contributed by atoms with Crippen molar-refractivity contribution in [2.45, 2.75) is 64.0 Å². The lowest BCUT2D eigenvalue weighted by molar-refractivity contribution is 0.0856. The number of methoxy groups -OCH3 is 1. The minimum absolute atomic E-state index is 0.159. The van der Waals surface area contributed by atoms with Crippen LogP contribution in [0.5, 0.6) is 5.75 Å². The molecule has 1 saturated carbocycles. The van der Waals surface area contributed by atoms with E-state index in [9.17, 15) is 18.0 Å². The Morgan fingerprint density at radius 3 is 2.44 bits per heavy atom. The van der Waals surface area contributed by atoms with Gasteiger partial charge in [-0.3, -0.25) is 4.79 Å². The molecule has 0 bridgehead atoms. The van der Waals surface area contributed by atoms with E-state index in [-0.39, 0.29) is 22.1 Å². The number of hydrogen-bond donors (Lipinski definition) is 2. The highest BCUT2D eigenvalue weighted by Crippen LogP contribution is 2.46. The number of aromatic nitrogens is 1. The molecule has 0 spiro atoms. The van der Waals surface area contributed by atoms with E-state index in [2.05, 4.69) is 16.0 Å². The molecule has 43 heavy (non-hydrogen) atoms. The lowest BCUT2D eigenvalue weighted by Gasteiger charge is -2.24. The average Bonchev–Trinajstić information content (AvgIpc) is 3.23. The van der Waals surface area contributed by atoms with E-state index in [4.69, 9.17) is 10.6 Å². The van der Waals surface area contributed by atoms with Gasteiger partial charge < -0.3 is 19.5 Å². The van der Waals surface area contributed by atoms with Gasteiger partial charge in [-0.2, -0.15) is 17.1 Å². The number of rotatable bonds is 7. The van der Waals surface area contributed by atoms with E-state index in [1.807, 2.05) is 25.1 Å². The number of benzene rings is 2. The van der Waals surface area contributed by atoms with Gasteiger partial charge >= 0.3 is 16.2 Å². The molecular weight excluding hydrogens is 568 g/mol. The van der Waals surface area contributed by atoms with Gasteiger partial charge in [0, 0.05) is 56.3 Å². The van der Waals surface area contributed by atoms with Crippen LogP contribution in [-0.2, 0) is 23.2 Å². The minimum atomic E-state index is -4.17. The Morgan fingerprint density at radius 2 is 1.79 bits per heavy atom. The van der Waals surface area contributed by atoms with E-state index in [1.54, 1.807) is 31.2 Å². The number of amides is 3. The van der Waals surface area contributed by atoms with Crippen LogP contribution < -0.4 is 15.9 Å². The highest BCUT2D eigenvalue weighted by molar-refractivity contribution is 7.87. The SMILES string of the molecule is CCN(C)C(=O)NC1Cc2cc(OC)ccc2-c2c(C3CCCCC3)c3ccc(C(=O)N(N)S(=O)(=O)N(C)C)cc3n2C1. The highest BCUT2D eigenvalue weighted by atomic mass is 32.2. The third kappa shape index (κ3) is 5.71. The predicted octanol–water partition coefficient (Wildman–Crippen LogP) is 4.07. The molecule has 1 aliphatic heterocycles. The molecule has 232 valence electrons. The zero-order valence-electron chi connectivity index (χ0n) is 25.6. The van der Waals surface area contributed by atoms with E-state index >= 15 is 0 Å². The molecule has 2 heterocycles.